The molecule has 0 aromatic rings. The number of carbonyl (C=O) groups excluding carboxylic acids is 1. The summed E-state index contributed by atoms with van der Waals surface area (Å²) in [5, 5.41) is 10.2. The number of aliphatic hydroxyl groups is 1. The third kappa shape index (κ3) is 4.13. The van der Waals surface area contributed by atoms with Crippen molar-refractivity contribution in [1.82, 2.24) is 0 Å². The first-order valence-corrected chi connectivity index (χ1v) is 12.6. The van der Waals surface area contributed by atoms with Crippen molar-refractivity contribution < 1.29 is 9.90 Å². The van der Waals surface area contributed by atoms with Crippen LogP contribution in [0.2, 0.25) is 0 Å². The molecule has 7 unspecified atom stereocenters. The topological polar surface area (TPSA) is 37.3 Å². The number of hydrogen-bond acceptors (Lipinski definition) is 2. The molecule has 4 aliphatic rings. The lowest BCUT2D eigenvalue weighted by atomic mass is 9.44. The summed E-state index contributed by atoms with van der Waals surface area (Å²) >= 11 is 0. The molecule has 0 heterocycles. The van der Waals surface area contributed by atoms with Crippen LogP contribution in [-0.2, 0) is 4.79 Å². The monoisotopic (exact) mass is 414 g/mol. The quantitative estimate of drug-likeness (QED) is 0.523. The molecule has 0 aliphatic heterocycles. The van der Waals surface area contributed by atoms with Crippen molar-refractivity contribution in [3.05, 3.63) is 0 Å². The van der Waals surface area contributed by atoms with Crippen LogP contribution in [0.5, 0.6) is 0 Å². The number of terminal acetylenes is 1. The largest absolute Gasteiger partial charge is 0.390 e. The van der Waals surface area contributed by atoms with E-state index in [4.69, 9.17) is 0 Å². The second kappa shape index (κ2) is 8.61. The van der Waals surface area contributed by atoms with E-state index in [0.717, 1.165) is 61.7 Å². The molecule has 4 fully saturated rings. The lowest BCUT2D eigenvalue weighted by Gasteiger charge is -2.60. The summed E-state index contributed by atoms with van der Waals surface area (Å²) in [5.74, 6) is 5.42. The Morgan fingerprint density at radius 3 is 2.37 bits per heavy atom. The van der Waals surface area contributed by atoms with Crippen molar-refractivity contribution in [3.63, 3.8) is 0 Å². The molecule has 4 rings (SSSR count). The Bertz CT molecular complexity index is 643. The van der Waals surface area contributed by atoms with Crippen LogP contribution in [0.25, 0.3) is 0 Å². The van der Waals surface area contributed by atoms with Crippen LogP contribution in [0.1, 0.15) is 105 Å². The van der Waals surface area contributed by atoms with Gasteiger partial charge in [0.15, 0.2) is 0 Å². The summed E-state index contributed by atoms with van der Waals surface area (Å²) < 4.78 is 0. The van der Waals surface area contributed by atoms with Crippen molar-refractivity contribution in [2.75, 3.05) is 0 Å². The molecule has 170 valence electrons. The lowest BCUT2D eigenvalue weighted by Crippen LogP contribution is -2.53. The van der Waals surface area contributed by atoms with Crippen molar-refractivity contribution in [1.29, 1.82) is 0 Å². The Morgan fingerprint density at radius 1 is 1.03 bits per heavy atom. The highest BCUT2D eigenvalue weighted by atomic mass is 16.3. The predicted molar refractivity (Wildman–Crippen MR) is 125 cm³/mol. The van der Waals surface area contributed by atoms with Crippen LogP contribution >= 0.6 is 0 Å². The maximum atomic E-state index is 12.1. The maximum Gasteiger partial charge on any atom is 0.133 e. The number of fused-ring (bicyclic) bond motifs is 5. The minimum absolute atomic E-state index is 0.433. The fourth-order valence-corrected chi connectivity index (χ4v) is 8.80. The van der Waals surface area contributed by atoms with Crippen LogP contribution in [-0.4, -0.2) is 16.5 Å². The van der Waals surface area contributed by atoms with Crippen LogP contribution in [0, 0.1) is 59.2 Å². The Labute approximate surface area is 186 Å². The van der Waals surface area contributed by atoms with E-state index in [1.807, 2.05) is 13.8 Å². The number of rotatable bonds is 4. The molecule has 0 radical (unpaired) electrons. The first-order chi connectivity index (χ1) is 14.0. The molecule has 0 saturated heterocycles. The fraction of sp³-hybridized carbons (Fsp3) is 0.893. The molecule has 8 atom stereocenters. The van der Waals surface area contributed by atoms with E-state index in [9.17, 15) is 9.90 Å². The minimum Gasteiger partial charge on any atom is -0.390 e. The molecule has 0 aromatic carbocycles. The van der Waals surface area contributed by atoms with Gasteiger partial charge in [0.05, 0.1) is 5.60 Å². The molecule has 0 bridgehead atoms. The van der Waals surface area contributed by atoms with Crippen LogP contribution in [0.4, 0.5) is 0 Å². The van der Waals surface area contributed by atoms with Gasteiger partial charge < -0.3 is 5.11 Å². The molecule has 0 amide bonds. The Balaban J connectivity index is 0.00000124. The zero-order chi connectivity index (χ0) is 22.3. The highest BCUT2D eigenvalue weighted by Crippen LogP contribution is 2.68. The van der Waals surface area contributed by atoms with Crippen LogP contribution in [0.15, 0.2) is 0 Å². The molecule has 2 heteroatoms. The van der Waals surface area contributed by atoms with E-state index in [-0.39, 0.29) is 0 Å². The van der Waals surface area contributed by atoms with Gasteiger partial charge in [-0.2, -0.15) is 0 Å². The highest BCUT2D eigenvalue weighted by Gasteiger charge is 2.60. The second-order valence-electron chi connectivity index (χ2n) is 12.5. The van der Waals surface area contributed by atoms with Gasteiger partial charge in [-0.3, -0.25) is 4.79 Å². The Hall–Kier alpha value is -0.810. The van der Waals surface area contributed by atoms with E-state index in [1.165, 1.54) is 38.5 Å². The van der Waals surface area contributed by atoms with Crippen molar-refractivity contribution in [2.24, 2.45) is 46.3 Å². The zero-order valence-corrected chi connectivity index (χ0v) is 20.3. The summed E-state index contributed by atoms with van der Waals surface area (Å²) in [4.78, 5) is 12.1. The van der Waals surface area contributed by atoms with Crippen molar-refractivity contribution in [2.45, 2.75) is 111 Å². The normalized spacial score (nSPS) is 44.1. The summed E-state index contributed by atoms with van der Waals surface area (Å²) in [6, 6.07) is 0. The van der Waals surface area contributed by atoms with Crippen LogP contribution < -0.4 is 0 Å². The van der Waals surface area contributed by atoms with Gasteiger partial charge in [0, 0.05) is 12.8 Å². The van der Waals surface area contributed by atoms with Gasteiger partial charge in [0.1, 0.15) is 5.78 Å². The first-order valence-electron chi connectivity index (χ1n) is 12.6. The average molecular weight is 415 g/mol. The molecule has 1 N–H and O–H groups in total. The smallest absolute Gasteiger partial charge is 0.133 e. The molecular weight excluding hydrogens is 368 g/mol. The highest BCUT2D eigenvalue weighted by molar-refractivity contribution is 5.79. The summed E-state index contributed by atoms with van der Waals surface area (Å²) in [7, 11) is 0. The summed E-state index contributed by atoms with van der Waals surface area (Å²) in [6.45, 7) is 11.6. The fourth-order valence-electron chi connectivity index (χ4n) is 8.80. The molecule has 0 spiro atoms. The first kappa shape index (κ1) is 23.8. The van der Waals surface area contributed by atoms with Gasteiger partial charge in [-0.1, -0.05) is 20.8 Å². The molecule has 2 nitrogen and oxygen atoms in total. The summed E-state index contributed by atoms with van der Waals surface area (Å²) in [5.41, 5.74) is 0.410. The van der Waals surface area contributed by atoms with E-state index >= 15 is 0 Å². The average Bonchev–Trinajstić information content (AvgIpc) is 3.05. The van der Waals surface area contributed by atoms with E-state index in [1.54, 1.807) is 0 Å². The third-order valence-electron chi connectivity index (χ3n) is 10.5. The van der Waals surface area contributed by atoms with Crippen molar-refractivity contribution >= 4 is 5.78 Å². The zero-order valence-electron chi connectivity index (χ0n) is 20.3. The molecule has 0 aromatic heterocycles. The number of ketones is 1. The molecule has 4 saturated carbocycles. The molecule has 4 aliphatic carbocycles. The van der Waals surface area contributed by atoms with Gasteiger partial charge >= 0.3 is 0 Å². The maximum absolute atomic E-state index is 12.1. The Morgan fingerprint density at radius 2 is 1.70 bits per heavy atom. The SMILES string of the molecule is C#C.C[C@H](CCC(C)(C)O)C1CCC2C3CCC4CC(=O)CCC4(C)C3CCC21C. The van der Waals surface area contributed by atoms with Gasteiger partial charge in [-0.05, 0) is 118 Å². The minimum atomic E-state index is -0.532. The second-order valence-corrected chi connectivity index (χ2v) is 12.5. The van der Waals surface area contributed by atoms with Crippen LogP contribution in [0.3, 0.4) is 0 Å². The van der Waals surface area contributed by atoms with E-state index < -0.39 is 5.60 Å². The molecule has 30 heavy (non-hydrogen) atoms. The summed E-state index contributed by atoms with van der Waals surface area (Å²) in [6.07, 6.45) is 21.3. The Kier molecular flexibility index (Phi) is 6.85. The van der Waals surface area contributed by atoms with Crippen molar-refractivity contribution in [3.8, 4) is 12.8 Å². The number of Topliss-reactive ketones (excluding diaryl/α,β-unsaturated/α-hetero) is 1. The molecular formula is C28H46O2. The standard InChI is InChI=1S/C26H44O2.C2H2/c1-17(10-13-24(2,3)28)21-8-9-22-20-7-6-18-16-19(27)11-14-25(18,4)23(20)12-15-26(21,22)5;1-2/h17-18,20-23,28H,6-16H2,1-5H3;1-2H/t17-,18?,20?,21?,22?,23?,25?,26?;/m1./s1. The third-order valence-corrected chi connectivity index (χ3v) is 10.5. The van der Waals surface area contributed by atoms with Gasteiger partial charge in [0.25, 0.3) is 0 Å². The van der Waals surface area contributed by atoms with E-state index in [0.29, 0.717) is 22.5 Å². The van der Waals surface area contributed by atoms with Gasteiger partial charge in [-0.25, -0.2) is 0 Å². The number of carbonyl (C=O) groups is 1. The lowest BCUT2D eigenvalue weighted by molar-refractivity contribution is -0.140. The number of hydrogen-bond donors (Lipinski definition) is 1. The van der Waals surface area contributed by atoms with Gasteiger partial charge in [-0.15, -0.1) is 12.8 Å². The van der Waals surface area contributed by atoms with E-state index in [2.05, 4.69) is 33.6 Å². The predicted octanol–water partition coefficient (Wildman–Crippen LogP) is 6.65. The van der Waals surface area contributed by atoms with Gasteiger partial charge in [0.2, 0.25) is 0 Å².